The third kappa shape index (κ3) is 4.57. The fourth-order valence-corrected chi connectivity index (χ4v) is 4.08. The molecule has 0 bridgehead atoms. The van der Waals surface area contributed by atoms with E-state index in [1.165, 1.54) is 10.6 Å². The number of aryl methyl sites for hydroxylation is 2. The topological polar surface area (TPSA) is 79.8 Å². The molecule has 0 aliphatic carbocycles. The fourth-order valence-electron chi connectivity index (χ4n) is 3.24. The Morgan fingerprint density at radius 3 is 2.59 bits per heavy atom. The van der Waals surface area contributed by atoms with E-state index in [4.69, 9.17) is 0 Å². The second-order valence-electron chi connectivity index (χ2n) is 7.38. The number of nitrogens with one attached hydrogen (secondary N) is 2. The standard InChI is InChI=1S/C23H20F2N4O2S/c1-13-3-7-17(8-4-13)29-22(31)21-19(9-14(2)27-21)28-23(29)32-12-20(30)26-11-15-5-6-16(24)10-18(15)25/h3-10,27H,11-12H2,1-2H3,(H,26,30). The highest BCUT2D eigenvalue weighted by Gasteiger charge is 2.16. The Kier molecular flexibility index (Phi) is 6.09. The second-order valence-corrected chi connectivity index (χ2v) is 8.33. The number of aromatic nitrogens is 3. The molecule has 0 aliphatic heterocycles. The lowest BCUT2D eigenvalue weighted by atomic mass is 10.2. The highest BCUT2D eigenvalue weighted by Crippen LogP contribution is 2.22. The van der Waals surface area contributed by atoms with E-state index in [2.05, 4.69) is 15.3 Å². The second kappa shape index (κ2) is 8.96. The Morgan fingerprint density at radius 2 is 1.88 bits per heavy atom. The zero-order chi connectivity index (χ0) is 22.8. The van der Waals surface area contributed by atoms with Crippen LogP contribution in [0.1, 0.15) is 16.8 Å². The minimum atomic E-state index is -0.721. The lowest BCUT2D eigenvalue weighted by Crippen LogP contribution is -2.26. The number of halogens is 2. The number of aromatic amines is 1. The van der Waals surface area contributed by atoms with Crippen molar-refractivity contribution in [1.29, 1.82) is 0 Å². The molecule has 32 heavy (non-hydrogen) atoms. The molecule has 164 valence electrons. The quantitative estimate of drug-likeness (QED) is 0.341. The van der Waals surface area contributed by atoms with Crippen molar-refractivity contribution in [2.45, 2.75) is 25.5 Å². The predicted molar refractivity (Wildman–Crippen MR) is 120 cm³/mol. The van der Waals surface area contributed by atoms with Crippen LogP contribution in [0.3, 0.4) is 0 Å². The van der Waals surface area contributed by atoms with Crippen LogP contribution in [0.25, 0.3) is 16.7 Å². The molecule has 0 saturated heterocycles. The van der Waals surface area contributed by atoms with Gasteiger partial charge in [0.15, 0.2) is 5.16 Å². The summed E-state index contributed by atoms with van der Waals surface area (Å²) in [6.07, 6.45) is 0. The zero-order valence-corrected chi connectivity index (χ0v) is 18.2. The van der Waals surface area contributed by atoms with E-state index in [9.17, 15) is 18.4 Å². The van der Waals surface area contributed by atoms with Crippen molar-refractivity contribution in [3.8, 4) is 5.69 Å². The van der Waals surface area contributed by atoms with Crippen LogP contribution >= 0.6 is 11.8 Å². The molecule has 4 aromatic rings. The first-order chi connectivity index (χ1) is 15.3. The van der Waals surface area contributed by atoms with Gasteiger partial charge >= 0.3 is 0 Å². The van der Waals surface area contributed by atoms with Crippen molar-refractivity contribution in [2.24, 2.45) is 0 Å². The van der Waals surface area contributed by atoms with Gasteiger partial charge in [-0.2, -0.15) is 0 Å². The number of fused-ring (bicyclic) bond motifs is 1. The number of thioether (sulfide) groups is 1. The van der Waals surface area contributed by atoms with Crippen molar-refractivity contribution < 1.29 is 13.6 Å². The maximum atomic E-state index is 13.8. The monoisotopic (exact) mass is 454 g/mol. The van der Waals surface area contributed by atoms with Gasteiger partial charge in [-0.15, -0.1) is 0 Å². The van der Waals surface area contributed by atoms with Crippen LogP contribution in [0.15, 0.2) is 58.5 Å². The fraction of sp³-hybridized carbons (Fsp3) is 0.174. The Hall–Kier alpha value is -3.46. The molecular formula is C23H20F2N4O2S. The minimum absolute atomic E-state index is 0.0317. The molecule has 6 nitrogen and oxygen atoms in total. The molecule has 2 N–H and O–H groups in total. The van der Waals surface area contributed by atoms with Gasteiger partial charge in [0, 0.05) is 23.9 Å². The Balaban J connectivity index is 1.57. The highest BCUT2D eigenvalue weighted by atomic mass is 32.2. The third-order valence-electron chi connectivity index (χ3n) is 4.87. The van der Waals surface area contributed by atoms with E-state index in [1.54, 1.807) is 6.07 Å². The van der Waals surface area contributed by atoms with Crippen LogP contribution in [0.4, 0.5) is 8.78 Å². The Morgan fingerprint density at radius 1 is 1.12 bits per heavy atom. The number of rotatable bonds is 6. The number of H-pyrrole nitrogens is 1. The van der Waals surface area contributed by atoms with Crippen LogP contribution in [0.5, 0.6) is 0 Å². The van der Waals surface area contributed by atoms with E-state index in [-0.39, 0.29) is 29.3 Å². The first kappa shape index (κ1) is 21.8. The predicted octanol–water partition coefficient (Wildman–Crippen LogP) is 4.02. The van der Waals surface area contributed by atoms with Crippen molar-refractivity contribution in [1.82, 2.24) is 19.9 Å². The Labute approximate surface area is 186 Å². The van der Waals surface area contributed by atoms with Gasteiger partial charge in [0.05, 0.1) is 17.0 Å². The maximum absolute atomic E-state index is 13.8. The van der Waals surface area contributed by atoms with Gasteiger partial charge in [0.1, 0.15) is 17.2 Å². The van der Waals surface area contributed by atoms with E-state index in [0.717, 1.165) is 35.2 Å². The summed E-state index contributed by atoms with van der Waals surface area (Å²) in [4.78, 5) is 33.2. The molecule has 0 unspecified atom stereocenters. The number of amides is 1. The number of hydrogen-bond donors (Lipinski definition) is 2. The number of hydrogen-bond acceptors (Lipinski definition) is 4. The number of benzene rings is 2. The van der Waals surface area contributed by atoms with Crippen molar-refractivity contribution in [3.05, 3.63) is 87.3 Å². The smallest absolute Gasteiger partial charge is 0.283 e. The number of nitrogens with zero attached hydrogens (tertiary/aromatic N) is 2. The van der Waals surface area contributed by atoms with Gasteiger partial charge in [-0.25, -0.2) is 13.8 Å². The van der Waals surface area contributed by atoms with E-state index >= 15 is 0 Å². The molecule has 2 aromatic heterocycles. The summed E-state index contributed by atoms with van der Waals surface area (Å²) < 4.78 is 28.3. The van der Waals surface area contributed by atoms with Gasteiger partial charge in [0.25, 0.3) is 5.56 Å². The zero-order valence-electron chi connectivity index (χ0n) is 17.4. The summed E-state index contributed by atoms with van der Waals surface area (Å²) in [6, 6.07) is 12.4. The molecular weight excluding hydrogens is 434 g/mol. The average Bonchev–Trinajstić information content (AvgIpc) is 3.13. The van der Waals surface area contributed by atoms with Crippen LogP contribution in [0, 0.1) is 25.5 Å². The third-order valence-corrected chi connectivity index (χ3v) is 5.81. The van der Waals surface area contributed by atoms with E-state index in [0.29, 0.717) is 21.9 Å². The van der Waals surface area contributed by atoms with Crippen LogP contribution in [-0.4, -0.2) is 26.2 Å². The normalized spacial score (nSPS) is 11.1. The van der Waals surface area contributed by atoms with Crippen LogP contribution < -0.4 is 10.9 Å². The molecule has 2 heterocycles. The van der Waals surface area contributed by atoms with Gasteiger partial charge in [0.2, 0.25) is 5.91 Å². The molecule has 4 rings (SSSR count). The number of carbonyl (C=O) groups is 1. The van der Waals surface area contributed by atoms with E-state index in [1.807, 2.05) is 38.1 Å². The largest absolute Gasteiger partial charge is 0.353 e. The maximum Gasteiger partial charge on any atom is 0.283 e. The summed E-state index contributed by atoms with van der Waals surface area (Å²) in [7, 11) is 0. The van der Waals surface area contributed by atoms with Gasteiger partial charge in [-0.3, -0.25) is 14.2 Å². The average molecular weight is 455 g/mol. The molecule has 0 atom stereocenters. The van der Waals surface area contributed by atoms with Crippen molar-refractivity contribution in [3.63, 3.8) is 0 Å². The lowest BCUT2D eigenvalue weighted by Gasteiger charge is -2.12. The van der Waals surface area contributed by atoms with Crippen molar-refractivity contribution >= 4 is 28.7 Å². The summed E-state index contributed by atoms with van der Waals surface area (Å²) in [5, 5.41) is 2.98. The molecule has 9 heteroatoms. The van der Waals surface area contributed by atoms with Gasteiger partial charge in [-0.05, 0) is 38.1 Å². The first-order valence-electron chi connectivity index (χ1n) is 9.84. The molecule has 1 amide bonds. The summed E-state index contributed by atoms with van der Waals surface area (Å²) in [5.41, 5.74) is 3.33. The van der Waals surface area contributed by atoms with E-state index < -0.39 is 11.6 Å². The summed E-state index contributed by atoms with van der Waals surface area (Å²) in [5.74, 6) is -1.80. The molecule has 0 radical (unpaired) electrons. The van der Waals surface area contributed by atoms with Crippen LogP contribution in [0.2, 0.25) is 0 Å². The molecule has 0 aliphatic rings. The Bertz CT molecular complexity index is 1360. The minimum Gasteiger partial charge on any atom is -0.353 e. The number of carbonyl (C=O) groups excluding carboxylic acids is 1. The van der Waals surface area contributed by atoms with Gasteiger partial charge < -0.3 is 10.3 Å². The summed E-state index contributed by atoms with van der Waals surface area (Å²) >= 11 is 1.11. The SMILES string of the molecule is Cc1ccc(-n2c(SCC(=O)NCc3ccc(F)cc3F)nc3cc(C)[nH]c3c2=O)cc1. The molecule has 0 spiro atoms. The van der Waals surface area contributed by atoms with Gasteiger partial charge in [-0.1, -0.05) is 35.5 Å². The summed E-state index contributed by atoms with van der Waals surface area (Å²) in [6.45, 7) is 3.72. The molecule has 0 fully saturated rings. The molecule has 2 aromatic carbocycles. The lowest BCUT2D eigenvalue weighted by molar-refractivity contribution is -0.118. The first-order valence-corrected chi connectivity index (χ1v) is 10.8. The van der Waals surface area contributed by atoms with Crippen molar-refractivity contribution in [2.75, 3.05) is 5.75 Å². The highest BCUT2D eigenvalue weighted by molar-refractivity contribution is 7.99. The van der Waals surface area contributed by atoms with Crippen LogP contribution in [-0.2, 0) is 11.3 Å². The molecule has 0 saturated carbocycles.